The summed E-state index contributed by atoms with van der Waals surface area (Å²) in [5.41, 5.74) is 0. The Labute approximate surface area is 113 Å². The van der Waals surface area contributed by atoms with Crippen molar-refractivity contribution >= 4 is 0 Å². The molecule has 1 N–H and O–H groups in total. The highest BCUT2D eigenvalue weighted by molar-refractivity contribution is 4.99. The van der Waals surface area contributed by atoms with Gasteiger partial charge >= 0.3 is 0 Å². The summed E-state index contributed by atoms with van der Waals surface area (Å²) >= 11 is 0. The summed E-state index contributed by atoms with van der Waals surface area (Å²) < 4.78 is 0. The lowest BCUT2D eigenvalue weighted by Crippen LogP contribution is -2.53. The molecule has 0 aromatic heterocycles. The van der Waals surface area contributed by atoms with Crippen LogP contribution in [0, 0.1) is 11.8 Å². The molecule has 104 valence electrons. The van der Waals surface area contributed by atoms with E-state index in [4.69, 9.17) is 0 Å². The van der Waals surface area contributed by atoms with Crippen molar-refractivity contribution in [2.24, 2.45) is 11.8 Å². The average Bonchev–Trinajstić information content (AvgIpc) is 2.72. The molecule has 2 aliphatic carbocycles. The minimum atomic E-state index is 0.646. The molecule has 1 saturated heterocycles. The zero-order valence-electron chi connectivity index (χ0n) is 12.2. The van der Waals surface area contributed by atoms with Gasteiger partial charge < -0.3 is 5.32 Å². The van der Waals surface area contributed by atoms with Gasteiger partial charge in [-0.05, 0) is 57.0 Å². The topological polar surface area (TPSA) is 15.3 Å². The maximum atomic E-state index is 3.65. The molecule has 1 heterocycles. The van der Waals surface area contributed by atoms with E-state index in [1.165, 1.54) is 58.0 Å². The van der Waals surface area contributed by atoms with Gasteiger partial charge in [-0.15, -0.1) is 0 Å². The highest BCUT2D eigenvalue weighted by Crippen LogP contribution is 2.42. The molecule has 0 amide bonds. The first-order chi connectivity index (χ1) is 8.75. The van der Waals surface area contributed by atoms with Crippen molar-refractivity contribution < 1.29 is 0 Å². The Morgan fingerprint density at radius 2 is 1.83 bits per heavy atom. The number of hydrogen-bond donors (Lipinski definition) is 1. The molecule has 1 aliphatic heterocycles. The molecular formula is C16H30N2. The minimum absolute atomic E-state index is 0.646. The molecular weight excluding hydrogens is 220 g/mol. The Morgan fingerprint density at radius 3 is 2.56 bits per heavy atom. The first-order valence-corrected chi connectivity index (χ1v) is 8.25. The standard InChI is InChI=1S/C16H30N2/c1-12(2)17-11-14-7-8-16(14)18-10-9-13-5-3-4-6-15(13)18/h12-17H,3-11H2,1-2H3. The van der Waals surface area contributed by atoms with Gasteiger partial charge in [0.2, 0.25) is 0 Å². The molecule has 4 atom stereocenters. The van der Waals surface area contributed by atoms with Crippen molar-refractivity contribution in [2.45, 2.75) is 76.9 Å². The van der Waals surface area contributed by atoms with Crippen LogP contribution in [0.2, 0.25) is 0 Å². The molecule has 4 unspecified atom stereocenters. The summed E-state index contributed by atoms with van der Waals surface area (Å²) in [6, 6.07) is 2.53. The van der Waals surface area contributed by atoms with Crippen molar-refractivity contribution in [3.63, 3.8) is 0 Å². The van der Waals surface area contributed by atoms with Gasteiger partial charge in [-0.25, -0.2) is 0 Å². The Morgan fingerprint density at radius 1 is 1.00 bits per heavy atom. The third kappa shape index (κ3) is 2.46. The second-order valence-corrected chi connectivity index (χ2v) is 7.11. The van der Waals surface area contributed by atoms with Crippen LogP contribution in [0.1, 0.15) is 58.8 Å². The van der Waals surface area contributed by atoms with E-state index in [2.05, 4.69) is 24.1 Å². The predicted octanol–water partition coefficient (Wildman–Crippen LogP) is 3.03. The SMILES string of the molecule is CC(C)NCC1CCC1N1CCC2CCCCC21. The van der Waals surface area contributed by atoms with E-state index in [0.717, 1.165) is 23.9 Å². The largest absolute Gasteiger partial charge is 0.314 e. The molecule has 3 rings (SSSR count). The lowest BCUT2D eigenvalue weighted by atomic mass is 9.76. The molecule has 2 saturated carbocycles. The first-order valence-electron chi connectivity index (χ1n) is 8.25. The fourth-order valence-electron chi connectivity index (χ4n) is 4.47. The highest BCUT2D eigenvalue weighted by atomic mass is 15.2. The Bertz CT molecular complexity index is 276. The Balaban J connectivity index is 1.55. The monoisotopic (exact) mass is 250 g/mol. The molecule has 0 aromatic rings. The van der Waals surface area contributed by atoms with Crippen LogP contribution in [0.4, 0.5) is 0 Å². The molecule has 3 aliphatic rings. The lowest BCUT2D eigenvalue weighted by molar-refractivity contribution is 0.0332. The van der Waals surface area contributed by atoms with Gasteiger partial charge in [0, 0.05) is 18.1 Å². The maximum Gasteiger partial charge on any atom is 0.0139 e. The molecule has 2 nitrogen and oxygen atoms in total. The fourth-order valence-corrected chi connectivity index (χ4v) is 4.47. The summed E-state index contributed by atoms with van der Waals surface area (Å²) in [5, 5.41) is 3.65. The fraction of sp³-hybridized carbons (Fsp3) is 1.00. The average molecular weight is 250 g/mol. The van der Waals surface area contributed by atoms with Crippen LogP contribution in [-0.4, -0.2) is 36.1 Å². The number of fused-ring (bicyclic) bond motifs is 1. The van der Waals surface area contributed by atoms with E-state index in [9.17, 15) is 0 Å². The quantitative estimate of drug-likeness (QED) is 0.825. The highest BCUT2D eigenvalue weighted by Gasteiger charge is 2.44. The molecule has 18 heavy (non-hydrogen) atoms. The van der Waals surface area contributed by atoms with Crippen molar-refractivity contribution in [1.29, 1.82) is 0 Å². The summed E-state index contributed by atoms with van der Waals surface area (Å²) in [5.74, 6) is 1.99. The van der Waals surface area contributed by atoms with Gasteiger partial charge in [0.1, 0.15) is 0 Å². The second kappa shape index (κ2) is 5.50. The van der Waals surface area contributed by atoms with Crippen LogP contribution in [-0.2, 0) is 0 Å². The van der Waals surface area contributed by atoms with Crippen molar-refractivity contribution in [2.75, 3.05) is 13.1 Å². The van der Waals surface area contributed by atoms with E-state index in [-0.39, 0.29) is 0 Å². The second-order valence-electron chi connectivity index (χ2n) is 7.11. The minimum Gasteiger partial charge on any atom is -0.314 e. The van der Waals surface area contributed by atoms with E-state index < -0.39 is 0 Å². The third-order valence-electron chi connectivity index (χ3n) is 5.64. The van der Waals surface area contributed by atoms with Gasteiger partial charge in [0.05, 0.1) is 0 Å². The number of hydrogen-bond acceptors (Lipinski definition) is 2. The van der Waals surface area contributed by atoms with Gasteiger partial charge in [0.15, 0.2) is 0 Å². The van der Waals surface area contributed by atoms with Gasteiger partial charge in [-0.3, -0.25) is 4.90 Å². The van der Waals surface area contributed by atoms with Crippen LogP contribution in [0.15, 0.2) is 0 Å². The predicted molar refractivity (Wildman–Crippen MR) is 76.7 cm³/mol. The van der Waals surface area contributed by atoms with Gasteiger partial charge in [0.25, 0.3) is 0 Å². The molecule has 3 fully saturated rings. The van der Waals surface area contributed by atoms with Gasteiger partial charge in [-0.2, -0.15) is 0 Å². The number of nitrogens with zero attached hydrogens (tertiary/aromatic N) is 1. The van der Waals surface area contributed by atoms with Crippen LogP contribution < -0.4 is 5.32 Å². The van der Waals surface area contributed by atoms with Crippen molar-refractivity contribution in [1.82, 2.24) is 10.2 Å². The summed E-state index contributed by atoms with van der Waals surface area (Å²) in [4.78, 5) is 2.92. The number of nitrogens with one attached hydrogen (secondary N) is 1. The normalized spacial score (nSPS) is 40.8. The zero-order valence-corrected chi connectivity index (χ0v) is 12.2. The Hall–Kier alpha value is -0.0800. The summed E-state index contributed by atoms with van der Waals surface area (Å²) in [6.07, 6.45) is 10.4. The number of likely N-dealkylation sites (tertiary alicyclic amines) is 1. The Kier molecular flexibility index (Phi) is 3.95. The molecule has 0 radical (unpaired) electrons. The van der Waals surface area contributed by atoms with Crippen molar-refractivity contribution in [3.8, 4) is 0 Å². The smallest absolute Gasteiger partial charge is 0.0139 e. The van der Waals surface area contributed by atoms with E-state index in [1.54, 1.807) is 0 Å². The van der Waals surface area contributed by atoms with Crippen LogP contribution >= 0.6 is 0 Å². The molecule has 0 bridgehead atoms. The summed E-state index contributed by atoms with van der Waals surface area (Å²) in [7, 11) is 0. The molecule has 0 aromatic carbocycles. The van der Waals surface area contributed by atoms with E-state index in [1.807, 2.05) is 0 Å². The summed E-state index contributed by atoms with van der Waals surface area (Å²) in [6.45, 7) is 7.18. The van der Waals surface area contributed by atoms with Crippen LogP contribution in [0.3, 0.4) is 0 Å². The zero-order chi connectivity index (χ0) is 12.5. The van der Waals surface area contributed by atoms with E-state index >= 15 is 0 Å². The number of rotatable bonds is 4. The lowest BCUT2D eigenvalue weighted by Gasteiger charge is -2.47. The van der Waals surface area contributed by atoms with Crippen LogP contribution in [0.5, 0.6) is 0 Å². The third-order valence-corrected chi connectivity index (χ3v) is 5.64. The van der Waals surface area contributed by atoms with Crippen LogP contribution in [0.25, 0.3) is 0 Å². The van der Waals surface area contributed by atoms with Gasteiger partial charge in [-0.1, -0.05) is 26.7 Å². The first kappa shape index (κ1) is 12.9. The van der Waals surface area contributed by atoms with E-state index in [0.29, 0.717) is 6.04 Å². The van der Waals surface area contributed by atoms with Crippen molar-refractivity contribution in [3.05, 3.63) is 0 Å². The molecule has 2 heteroatoms. The maximum absolute atomic E-state index is 3.65. The molecule has 0 spiro atoms.